The lowest BCUT2D eigenvalue weighted by Crippen LogP contribution is -2.38. The first-order chi connectivity index (χ1) is 16.5. The van der Waals surface area contributed by atoms with Gasteiger partial charge in [0.2, 0.25) is 5.91 Å². The Balaban J connectivity index is 1.89. The molecule has 0 aliphatic heterocycles. The molecular weight excluding hydrogens is 470 g/mol. The number of benzene rings is 1. The maximum atomic E-state index is 13.1. The number of nitrogens with one attached hydrogen (secondary N) is 2. The van der Waals surface area contributed by atoms with Gasteiger partial charge in [-0.15, -0.1) is 0 Å². The number of aromatic amines is 1. The van der Waals surface area contributed by atoms with Crippen LogP contribution in [0.4, 0.5) is 10.6 Å². The van der Waals surface area contributed by atoms with E-state index in [9.17, 15) is 9.59 Å². The van der Waals surface area contributed by atoms with Crippen LogP contribution in [0.25, 0.3) is 11.3 Å². The van der Waals surface area contributed by atoms with Crippen LogP contribution in [0.2, 0.25) is 5.15 Å². The van der Waals surface area contributed by atoms with Crippen LogP contribution >= 0.6 is 11.6 Å². The quantitative estimate of drug-likeness (QED) is 0.519. The first kappa shape index (κ1) is 25.6. The van der Waals surface area contributed by atoms with E-state index in [2.05, 4.69) is 31.3 Å². The molecule has 3 aromatic rings. The molecule has 3 rings (SSSR count). The molecule has 0 spiro atoms. The van der Waals surface area contributed by atoms with Gasteiger partial charge in [-0.1, -0.05) is 23.7 Å². The number of rotatable bonds is 6. The van der Waals surface area contributed by atoms with Crippen molar-refractivity contribution in [1.82, 2.24) is 25.3 Å². The Kier molecular flexibility index (Phi) is 7.71. The number of aromatic nitrogens is 4. The zero-order valence-corrected chi connectivity index (χ0v) is 20.8. The summed E-state index contributed by atoms with van der Waals surface area (Å²) in [7, 11) is 1.57. The van der Waals surface area contributed by atoms with E-state index in [0.29, 0.717) is 22.6 Å². The molecule has 182 valence electrons. The molecule has 0 aliphatic rings. The molecule has 0 fully saturated rings. The minimum absolute atomic E-state index is 0.151. The number of nitrogens with zero attached hydrogens (tertiary/aromatic N) is 5. The van der Waals surface area contributed by atoms with Gasteiger partial charge < -0.3 is 15.0 Å². The summed E-state index contributed by atoms with van der Waals surface area (Å²) < 4.78 is 5.37. The van der Waals surface area contributed by atoms with Crippen LogP contribution in [0.15, 0.2) is 36.7 Å². The number of H-pyrrole nitrogens is 1. The SMILES string of the molecule is Cc1cnc(N(C)C(=O)CC(NC(=O)OC(C)(C)C)c2nc(-c3ccc(C#N)cc3)c(Cl)[nH]2)cn1. The van der Waals surface area contributed by atoms with Crippen molar-refractivity contribution in [2.45, 2.75) is 45.8 Å². The van der Waals surface area contributed by atoms with Crippen LogP contribution in [0.1, 0.15) is 50.3 Å². The highest BCUT2D eigenvalue weighted by atomic mass is 35.5. The second-order valence-corrected chi connectivity index (χ2v) is 9.22. The molecule has 2 N–H and O–H groups in total. The number of imidazole rings is 1. The summed E-state index contributed by atoms with van der Waals surface area (Å²) >= 11 is 6.41. The summed E-state index contributed by atoms with van der Waals surface area (Å²) in [6, 6.07) is 7.92. The van der Waals surface area contributed by atoms with Crippen LogP contribution in [0.3, 0.4) is 0 Å². The first-order valence-electron chi connectivity index (χ1n) is 10.8. The summed E-state index contributed by atoms with van der Waals surface area (Å²) in [6.07, 6.45) is 2.20. The van der Waals surface area contributed by atoms with E-state index in [-0.39, 0.29) is 23.3 Å². The van der Waals surface area contributed by atoms with Crippen molar-refractivity contribution in [3.63, 3.8) is 0 Å². The van der Waals surface area contributed by atoms with Crippen molar-refractivity contribution in [1.29, 1.82) is 5.26 Å². The fourth-order valence-electron chi connectivity index (χ4n) is 3.09. The molecule has 0 bridgehead atoms. The lowest BCUT2D eigenvalue weighted by Gasteiger charge is -2.24. The second kappa shape index (κ2) is 10.5. The monoisotopic (exact) mass is 495 g/mol. The van der Waals surface area contributed by atoms with Crippen molar-refractivity contribution in [2.75, 3.05) is 11.9 Å². The molecule has 0 radical (unpaired) electrons. The van der Waals surface area contributed by atoms with Gasteiger partial charge in [0.1, 0.15) is 22.3 Å². The standard InChI is InChI=1S/C24H26ClN7O3/c1-14-12-28-18(13-27-14)32(5)19(33)10-17(29-23(34)35-24(2,3)4)22-30-20(21(25)31-22)16-8-6-15(11-26)7-9-16/h6-9,12-13,17H,10H2,1-5H3,(H,29,34)(H,30,31). The number of carbonyl (C=O) groups excluding carboxylic acids is 2. The van der Waals surface area contributed by atoms with E-state index in [1.54, 1.807) is 65.2 Å². The molecule has 2 amide bonds. The van der Waals surface area contributed by atoms with E-state index < -0.39 is 17.7 Å². The number of ether oxygens (including phenoxy) is 1. The fraction of sp³-hybridized carbons (Fsp3) is 0.333. The molecule has 1 unspecified atom stereocenters. The Bertz CT molecular complexity index is 1240. The highest BCUT2D eigenvalue weighted by Crippen LogP contribution is 2.29. The average molecular weight is 496 g/mol. The Morgan fingerprint density at radius 1 is 1.23 bits per heavy atom. The predicted octanol–water partition coefficient (Wildman–Crippen LogP) is 4.32. The zero-order chi connectivity index (χ0) is 25.8. The first-order valence-corrected chi connectivity index (χ1v) is 11.2. The van der Waals surface area contributed by atoms with Crippen LogP contribution in [-0.2, 0) is 9.53 Å². The van der Waals surface area contributed by atoms with Crippen molar-refractivity contribution >= 4 is 29.4 Å². The predicted molar refractivity (Wildman–Crippen MR) is 131 cm³/mol. The number of carbonyl (C=O) groups is 2. The Hall–Kier alpha value is -3.97. The molecule has 11 heteroatoms. The number of hydrogen-bond acceptors (Lipinski definition) is 7. The van der Waals surface area contributed by atoms with Crippen molar-refractivity contribution < 1.29 is 14.3 Å². The van der Waals surface area contributed by atoms with Gasteiger partial charge in [0.05, 0.1) is 42.2 Å². The molecule has 1 atom stereocenters. The Morgan fingerprint density at radius 2 is 1.91 bits per heavy atom. The van der Waals surface area contributed by atoms with Gasteiger partial charge in [-0.25, -0.2) is 14.8 Å². The molecular formula is C24H26ClN7O3. The third-order valence-electron chi connectivity index (χ3n) is 4.85. The van der Waals surface area contributed by atoms with Crippen LogP contribution in [0, 0.1) is 18.3 Å². The number of amides is 2. The molecule has 0 saturated carbocycles. The summed E-state index contributed by atoms with van der Waals surface area (Å²) in [5, 5.41) is 12.0. The zero-order valence-electron chi connectivity index (χ0n) is 20.1. The molecule has 2 aromatic heterocycles. The van der Waals surface area contributed by atoms with E-state index in [1.165, 1.54) is 11.1 Å². The van der Waals surface area contributed by atoms with Crippen LogP contribution in [0.5, 0.6) is 0 Å². The van der Waals surface area contributed by atoms with E-state index >= 15 is 0 Å². The van der Waals surface area contributed by atoms with Gasteiger partial charge >= 0.3 is 6.09 Å². The maximum absolute atomic E-state index is 13.1. The highest BCUT2D eigenvalue weighted by Gasteiger charge is 2.28. The van der Waals surface area contributed by atoms with Crippen LogP contribution < -0.4 is 10.2 Å². The van der Waals surface area contributed by atoms with Crippen molar-refractivity contribution in [3.05, 3.63) is 58.9 Å². The summed E-state index contributed by atoms with van der Waals surface area (Å²) in [4.78, 5) is 42.9. The lowest BCUT2D eigenvalue weighted by molar-refractivity contribution is -0.118. The van der Waals surface area contributed by atoms with Crippen molar-refractivity contribution in [2.24, 2.45) is 0 Å². The van der Waals surface area contributed by atoms with Gasteiger partial charge in [0, 0.05) is 12.6 Å². The number of alkyl carbamates (subject to hydrolysis) is 1. The van der Waals surface area contributed by atoms with E-state index in [4.69, 9.17) is 21.6 Å². The number of nitriles is 1. The van der Waals surface area contributed by atoms with Crippen LogP contribution in [-0.4, -0.2) is 44.6 Å². The molecule has 10 nitrogen and oxygen atoms in total. The average Bonchev–Trinajstić information content (AvgIpc) is 3.19. The number of hydrogen-bond donors (Lipinski definition) is 2. The second-order valence-electron chi connectivity index (χ2n) is 8.85. The lowest BCUT2D eigenvalue weighted by atomic mass is 10.1. The van der Waals surface area contributed by atoms with E-state index in [0.717, 1.165) is 5.69 Å². The number of aryl methyl sites for hydroxylation is 1. The van der Waals surface area contributed by atoms with Gasteiger partial charge in [-0.2, -0.15) is 5.26 Å². The third kappa shape index (κ3) is 6.77. The topological polar surface area (TPSA) is 137 Å². The summed E-state index contributed by atoms with van der Waals surface area (Å²) in [5.41, 5.74) is 1.58. The smallest absolute Gasteiger partial charge is 0.408 e. The summed E-state index contributed by atoms with van der Waals surface area (Å²) in [5.74, 6) is 0.306. The van der Waals surface area contributed by atoms with Gasteiger partial charge in [0.25, 0.3) is 0 Å². The maximum Gasteiger partial charge on any atom is 0.408 e. The number of anilines is 1. The minimum atomic E-state index is -0.872. The molecule has 0 aliphatic carbocycles. The Labute approximate surface area is 208 Å². The van der Waals surface area contributed by atoms with Crippen molar-refractivity contribution in [3.8, 4) is 17.3 Å². The molecule has 2 heterocycles. The van der Waals surface area contributed by atoms with Gasteiger partial charge in [-0.05, 0) is 39.8 Å². The fourth-order valence-corrected chi connectivity index (χ4v) is 3.34. The minimum Gasteiger partial charge on any atom is -0.444 e. The largest absolute Gasteiger partial charge is 0.444 e. The third-order valence-corrected chi connectivity index (χ3v) is 5.12. The number of halogens is 1. The van der Waals surface area contributed by atoms with Gasteiger partial charge in [0.15, 0.2) is 5.82 Å². The normalized spacial score (nSPS) is 11.9. The van der Waals surface area contributed by atoms with Gasteiger partial charge in [-0.3, -0.25) is 14.7 Å². The van der Waals surface area contributed by atoms with E-state index in [1.807, 2.05) is 0 Å². The molecule has 1 aromatic carbocycles. The highest BCUT2D eigenvalue weighted by molar-refractivity contribution is 6.31. The molecule has 0 saturated heterocycles. The summed E-state index contributed by atoms with van der Waals surface area (Å²) in [6.45, 7) is 7.02. The Morgan fingerprint density at radius 3 is 2.49 bits per heavy atom. The molecule has 35 heavy (non-hydrogen) atoms.